The molecule has 0 amide bonds. The van der Waals surface area contributed by atoms with Crippen molar-refractivity contribution in [3.05, 3.63) is 42.2 Å². The van der Waals surface area contributed by atoms with Gasteiger partial charge in [0.05, 0.1) is 11.9 Å². The zero-order valence-corrected chi connectivity index (χ0v) is 13.2. The summed E-state index contributed by atoms with van der Waals surface area (Å²) in [5, 5.41) is 3.84. The zero-order valence-electron chi connectivity index (χ0n) is 12.4. The summed E-state index contributed by atoms with van der Waals surface area (Å²) in [6, 6.07) is 3.03. The van der Waals surface area contributed by atoms with Crippen molar-refractivity contribution in [3.8, 4) is 0 Å². The van der Waals surface area contributed by atoms with Gasteiger partial charge in [0.2, 0.25) is 10.0 Å². The molecule has 124 valence electrons. The van der Waals surface area contributed by atoms with Crippen molar-refractivity contribution in [2.24, 2.45) is 7.05 Å². The Labute approximate surface area is 132 Å². The van der Waals surface area contributed by atoms with Crippen LogP contribution in [-0.2, 0) is 17.1 Å². The Hall–Kier alpha value is -2.00. The third-order valence-corrected chi connectivity index (χ3v) is 5.23. The van der Waals surface area contributed by atoms with Gasteiger partial charge in [0.15, 0.2) is 0 Å². The largest absolute Gasteiger partial charge is 0.368 e. The second kappa shape index (κ2) is 5.89. The van der Waals surface area contributed by atoms with Gasteiger partial charge in [-0.2, -0.15) is 5.10 Å². The van der Waals surface area contributed by atoms with E-state index in [9.17, 15) is 17.2 Å². The maximum atomic E-state index is 13.8. The summed E-state index contributed by atoms with van der Waals surface area (Å²) in [5.74, 6) is -1.29. The quantitative estimate of drug-likeness (QED) is 0.908. The van der Waals surface area contributed by atoms with E-state index in [2.05, 4.69) is 9.82 Å². The van der Waals surface area contributed by atoms with Crippen molar-refractivity contribution in [1.29, 1.82) is 0 Å². The molecular weight excluding hydrogens is 326 g/mol. The Morgan fingerprint density at radius 3 is 2.78 bits per heavy atom. The van der Waals surface area contributed by atoms with Gasteiger partial charge in [0.1, 0.15) is 16.5 Å². The molecule has 1 aliphatic heterocycles. The number of benzene rings is 1. The van der Waals surface area contributed by atoms with Gasteiger partial charge >= 0.3 is 0 Å². The normalized spacial score (nSPS) is 18.6. The molecule has 1 atom stereocenters. The van der Waals surface area contributed by atoms with Crippen LogP contribution >= 0.6 is 0 Å². The average molecular weight is 342 g/mol. The second-order valence-electron chi connectivity index (χ2n) is 5.50. The SMILES string of the molecule is Cn1cc(S(=O)(=O)NC2CCN(c3ccc(F)cc3F)C2)cn1. The molecule has 2 heterocycles. The van der Waals surface area contributed by atoms with E-state index in [0.717, 1.165) is 6.07 Å². The van der Waals surface area contributed by atoms with Crippen LogP contribution in [0.1, 0.15) is 6.42 Å². The molecule has 6 nitrogen and oxygen atoms in total. The Morgan fingerprint density at radius 2 is 2.13 bits per heavy atom. The fourth-order valence-electron chi connectivity index (χ4n) is 2.64. The van der Waals surface area contributed by atoms with E-state index in [1.165, 1.54) is 29.2 Å². The molecule has 0 spiro atoms. The number of hydrogen-bond donors (Lipinski definition) is 1. The summed E-state index contributed by atoms with van der Waals surface area (Å²) in [6.07, 6.45) is 3.22. The van der Waals surface area contributed by atoms with Crippen molar-refractivity contribution in [2.75, 3.05) is 18.0 Å². The van der Waals surface area contributed by atoms with Gasteiger partial charge in [-0.3, -0.25) is 4.68 Å². The molecule has 0 radical (unpaired) electrons. The number of sulfonamides is 1. The van der Waals surface area contributed by atoms with Gasteiger partial charge in [0, 0.05) is 38.4 Å². The summed E-state index contributed by atoms with van der Waals surface area (Å²) in [6.45, 7) is 0.810. The molecule has 23 heavy (non-hydrogen) atoms. The van der Waals surface area contributed by atoms with Crippen LogP contribution in [0.3, 0.4) is 0 Å². The molecule has 1 saturated heterocycles. The van der Waals surface area contributed by atoms with Crippen molar-refractivity contribution >= 4 is 15.7 Å². The van der Waals surface area contributed by atoms with Crippen molar-refractivity contribution in [2.45, 2.75) is 17.4 Å². The predicted molar refractivity (Wildman–Crippen MR) is 80.5 cm³/mol. The molecule has 9 heteroatoms. The highest BCUT2D eigenvalue weighted by Crippen LogP contribution is 2.25. The molecule has 2 aromatic rings. The van der Waals surface area contributed by atoms with Crippen molar-refractivity contribution in [1.82, 2.24) is 14.5 Å². The van der Waals surface area contributed by atoms with Gasteiger partial charge in [-0.1, -0.05) is 0 Å². The van der Waals surface area contributed by atoms with Crippen LogP contribution in [0.15, 0.2) is 35.5 Å². The van der Waals surface area contributed by atoms with Crippen LogP contribution in [0, 0.1) is 11.6 Å². The maximum absolute atomic E-state index is 13.8. The lowest BCUT2D eigenvalue weighted by molar-refractivity contribution is 0.561. The van der Waals surface area contributed by atoms with E-state index in [0.29, 0.717) is 19.5 Å². The summed E-state index contributed by atoms with van der Waals surface area (Å²) in [5.41, 5.74) is 0.273. The van der Waals surface area contributed by atoms with Crippen LogP contribution in [-0.4, -0.2) is 37.3 Å². The minimum atomic E-state index is -3.66. The Balaban J connectivity index is 1.70. The predicted octanol–water partition coefficient (Wildman–Crippen LogP) is 1.26. The number of rotatable bonds is 4. The van der Waals surface area contributed by atoms with Crippen LogP contribution in [0.4, 0.5) is 14.5 Å². The highest BCUT2D eigenvalue weighted by molar-refractivity contribution is 7.89. The van der Waals surface area contributed by atoms with Gasteiger partial charge in [-0.05, 0) is 18.6 Å². The van der Waals surface area contributed by atoms with E-state index in [1.807, 2.05) is 0 Å². The Bertz CT molecular complexity index is 822. The molecule has 3 rings (SSSR count). The molecule has 1 N–H and O–H groups in total. The highest BCUT2D eigenvalue weighted by Gasteiger charge is 2.29. The van der Waals surface area contributed by atoms with Gasteiger partial charge < -0.3 is 4.90 Å². The Morgan fingerprint density at radius 1 is 1.35 bits per heavy atom. The standard InChI is InChI=1S/C14H16F2N4O2S/c1-19-9-12(7-17-19)23(21,22)18-11-4-5-20(8-11)14-3-2-10(15)6-13(14)16/h2-3,6-7,9,11,18H,4-5,8H2,1H3. The van der Waals surface area contributed by atoms with Crippen LogP contribution in [0.5, 0.6) is 0 Å². The fraction of sp³-hybridized carbons (Fsp3) is 0.357. The Kier molecular flexibility index (Phi) is 4.07. The van der Waals surface area contributed by atoms with Crippen LogP contribution in [0.25, 0.3) is 0 Å². The van der Waals surface area contributed by atoms with E-state index >= 15 is 0 Å². The summed E-state index contributed by atoms with van der Waals surface area (Å²) < 4.78 is 55.3. The molecule has 1 unspecified atom stereocenters. The number of halogens is 2. The summed E-state index contributed by atoms with van der Waals surface area (Å²) in [4.78, 5) is 1.79. The third kappa shape index (κ3) is 3.35. The lowest BCUT2D eigenvalue weighted by Crippen LogP contribution is -2.37. The number of nitrogens with zero attached hydrogens (tertiary/aromatic N) is 3. The van der Waals surface area contributed by atoms with E-state index in [4.69, 9.17) is 0 Å². The molecule has 1 fully saturated rings. The number of hydrogen-bond acceptors (Lipinski definition) is 4. The summed E-state index contributed by atoms with van der Waals surface area (Å²) >= 11 is 0. The number of aryl methyl sites for hydroxylation is 1. The average Bonchev–Trinajstić information content (AvgIpc) is 3.08. The van der Waals surface area contributed by atoms with Gasteiger partial charge in [-0.15, -0.1) is 0 Å². The molecule has 1 aromatic heterocycles. The first-order valence-electron chi connectivity index (χ1n) is 7.06. The lowest BCUT2D eigenvalue weighted by Gasteiger charge is -2.19. The topological polar surface area (TPSA) is 67.2 Å². The lowest BCUT2D eigenvalue weighted by atomic mass is 10.2. The van der Waals surface area contributed by atoms with Crippen LogP contribution in [0.2, 0.25) is 0 Å². The smallest absolute Gasteiger partial charge is 0.244 e. The number of anilines is 1. The van der Waals surface area contributed by atoms with Gasteiger partial charge in [0.25, 0.3) is 0 Å². The second-order valence-corrected chi connectivity index (χ2v) is 7.21. The van der Waals surface area contributed by atoms with Crippen LogP contribution < -0.4 is 9.62 Å². The summed E-state index contributed by atoms with van der Waals surface area (Å²) in [7, 11) is -2.03. The fourth-order valence-corrected chi connectivity index (χ4v) is 3.88. The van der Waals surface area contributed by atoms with E-state index in [1.54, 1.807) is 11.9 Å². The molecular formula is C14H16F2N4O2S. The monoisotopic (exact) mass is 342 g/mol. The van der Waals surface area contributed by atoms with Crippen molar-refractivity contribution < 1.29 is 17.2 Å². The van der Waals surface area contributed by atoms with E-state index < -0.39 is 21.7 Å². The highest BCUT2D eigenvalue weighted by atomic mass is 32.2. The number of nitrogens with one attached hydrogen (secondary N) is 1. The van der Waals surface area contributed by atoms with Crippen molar-refractivity contribution in [3.63, 3.8) is 0 Å². The minimum absolute atomic E-state index is 0.0893. The number of aromatic nitrogens is 2. The molecule has 1 aliphatic rings. The molecule has 0 bridgehead atoms. The molecule has 0 saturated carbocycles. The van der Waals surface area contributed by atoms with Gasteiger partial charge in [-0.25, -0.2) is 21.9 Å². The molecule has 0 aliphatic carbocycles. The zero-order chi connectivity index (χ0) is 16.6. The first-order valence-corrected chi connectivity index (χ1v) is 8.54. The first kappa shape index (κ1) is 15.9. The maximum Gasteiger partial charge on any atom is 0.244 e. The molecule has 1 aromatic carbocycles. The minimum Gasteiger partial charge on any atom is -0.368 e. The van der Waals surface area contributed by atoms with E-state index in [-0.39, 0.29) is 16.6 Å². The first-order chi connectivity index (χ1) is 10.8. The third-order valence-electron chi connectivity index (χ3n) is 3.75.